The molecule has 2 saturated heterocycles. The third-order valence-electron chi connectivity index (χ3n) is 6.69. The summed E-state index contributed by atoms with van der Waals surface area (Å²) in [6.45, 7) is 10.4. The average Bonchev–Trinajstić information content (AvgIpc) is 3.03. The monoisotopic (exact) mass is 461 g/mol. The molecule has 0 bridgehead atoms. The second kappa shape index (κ2) is 9.89. The van der Waals surface area contributed by atoms with Crippen LogP contribution in [0.2, 0.25) is 0 Å². The van der Waals surface area contributed by atoms with Gasteiger partial charge in [-0.1, -0.05) is 19.4 Å². The van der Waals surface area contributed by atoms with Crippen LogP contribution >= 0.6 is 0 Å². The van der Waals surface area contributed by atoms with Crippen molar-refractivity contribution in [2.75, 3.05) is 68.6 Å². The van der Waals surface area contributed by atoms with E-state index >= 15 is 0 Å². The van der Waals surface area contributed by atoms with E-state index in [0.717, 1.165) is 73.2 Å². The van der Waals surface area contributed by atoms with Crippen LogP contribution in [-0.4, -0.2) is 77.9 Å². The molecule has 5 rings (SSSR count). The van der Waals surface area contributed by atoms with Crippen LogP contribution in [0, 0.1) is 0 Å². The molecule has 0 saturated carbocycles. The highest BCUT2D eigenvalue weighted by atomic mass is 15.6. The normalized spacial score (nSPS) is 17.0. The Labute approximate surface area is 201 Å². The molecule has 34 heavy (non-hydrogen) atoms. The maximum Gasteiger partial charge on any atom is 0.230 e. The number of anilines is 3. The Morgan fingerprint density at radius 1 is 1.00 bits per heavy atom. The molecule has 9 heteroatoms. The Balaban J connectivity index is 1.44. The number of fused-ring (bicyclic) bond motifs is 1. The third-order valence-corrected chi connectivity index (χ3v) is 6.69. The first kappa shape index (κ1) is 22.5. The lowest BCUT2D eigenvalue weighted by Crippen LogP contribution is -2.43. The Kier molecular flexibility index (Phi) is 6.53. The predicted octanol–water partition coefficient (Wildman–Crippen LogP) is 3.02. The maximum atomic E-state index is 4.93. The van der Waals surface area contributed by atoms with Gasteiger partial charge in [0.1, 0.15) is 5.82 Å². The largest absolute Gasteiger partial charge is 0.376 e. The lowest BCUT2D eigenvalue weighted by molar-refractivity contribution is 0.559. The molecule has 0 radical (unpaired) electrons. The smallest absolute Gasteiger partial charge is 0.230 e. The van der Waals surface area contributed by atoms with E-state index in [9.17, 15) is 0 Å². The zero-order chi connectivity index (χ0) is 23.5. The first-order valence-electron chi connectivity index (χ1n) is 12.3. The fraction of sp³-hybridized carbons (Fsp3) is 0.480. The molecule has 180 valence electrons. The van der Waals surface area contributed by atoms with Gasteiger partial charge in [-0.15, -0.1) is 0 Å². The van der Waals surface area contributed by atoms with E-state index in [4.69, 9.17) is 4.98 Å². The van der Waals surface area contributed by atoms with Crippen molar-refractivity contribution < 1.29 is 0 Å². The van der Waals surface area contributed by atoms with Gasteiger partial charge in [-0.05, 0) is 31.0 Å². The minimum absolute atomic E-state index is 0.547. The van der Waals surface area contributed by atoms with Gasteiger partial charge in [-0.2, -0.15) is 4.98 Å². The number of rotatable bonds is 6. The molecule has 2 aliphatic heterocycles. The van der Waals surface area contributed by atoms with Crippen molar-refractivity contribution in [3.05, 3.63) is 42.9 Å². The molecule has 0 unspecified atom stereocenters. The Bertz CT molecular complexity index is 1120. The fourth-order valence-electron chi connectivity index (χ4n) is 4.70. The Hall–Kier alpha value is -3.33. The summed E-state index contributed by atoms with van der Waals surface area (Å²) in [6.07, 6.45) is 8.74. The highest BCUT2D eigenvalue weighted by Gasteiger charge is 2.21. The van der Waals surface area contributed by atoms with E-state index in [1.807, 2.05) is 32.6 Å². The number of hydrogen-bond donors (Lipinski definition) is 2. The zero-order valence-corrected chi connectivity index (χ0v) is 20.3. The zero-order valence-electron chi connectivity index (χ0n) is 20.3. The second-order valence-corrected chi connectivity index (χ2v) is 9.29. The number of nitrogens with one attached hydrogen (secondary N) is 2. The van der Waals surface area contributed by atoms with Crippen molar-refractivity contribution in [2.45, 2.75) is 25.7 Å². The Morgan fingerprint density at radius 3 is 2.44 bits per heavy atom. The van der Waals surface area contributed by atoms with Gasteiger partial charge in [-0.3, -0.25) is 0 Å². The van der Waals surface area contributed by atoms with E-state index < -0.39 is 0 Å². The van der Waals surface area contributed by atoms with Crippen LogP contribution in [0.25, 0.3) is 16.7 Å². The molecular weight excluding hydrogens is 426 g/mol. The molecule has 0 aliphatic carbocycles. The van der Waals surface area contributed by atoms with Gasteiger partial charge in [0.15, 0.2) is 5.65 Å². The minimum atomic E-state index is 0.547. The van der Waals surface area contributed by atoms with Crippen LogP contribution < -0.4 is 20.5 Å². The number of hydrogen-bond acceptors (Lipinski definition) is 8. The van der Waals surface area contributed by atoms with E-state index in [2.05, 4.69) is 58.8 Å². The SMILES string of the molecule is C=C(c1cc2cnc(Nc3ccc(N4CCNCC4)cn3)nc2n1N1CCCCCC1)N(C)C. The first-order valence-corrected chi connectivity index (χ1v) is 12.3. The van der Waals surface area contributed by atoms with Crippen LogP contribution in [0.1, 0.15) is 31.4 Å². The first-order chi connectivity index (χ1) is 16.6. The highest BCUT2D eigenvalue weighted by Crippen LogP contribution is 2.27. The highest BCUT2D eigenvalue weighted by molar-refractivity contribution is 5.83. The summed E-state index contributed by atoms with van der Waals surface area (Å²) >= 11 is 0. The van der Waals surface area contributed by atoms with Crippen LogP contribution in [0.15, 0.2) is 37.2 Å². The van der Waals surface area contributed by atoms with E-state index in [-0.39, 0.29) is 0 Å². The lowest BCUT2D eigenvalue weighted by Gasteiger charge is -2.29. The quantitative estimate of drug-likeness (QED) is 0.580. The van der Waals surface area contributed by atoms with Crippen molar-refractivity contribution in [3.63, 3.8) is 0 Å². The number of nitrogens with zero attached hydrogens (tertiary/aromatic N) is 7. The summed E-state index contributed by atoms with van der Waals surface area (Å²) in [5, 5.41) is 10.1. The van der Waals surface area contributed by atoms with E-state index in [0.29, 0.717) is 5.95 Å². The molecule has 2 fully saturated rings. The second-order valence-electron chi connectivity index (χ2n) is 9.29. The topological polar surface area (TPSA) is 77.4 Å². The summed E-state index contributed by atoms with van der Waals surface area (Å²) < 4.78 is 2.25. The van der Waals surface area contributed by atoms with E-state index in [1.165, 1.54) is 25.7 Å². The van der Waals surface area contributed by atoms with Gasteiger partial charge in [0.2, 0.25) is 5.95 Å². The molecule has 0 amide bonds. The van der Waals surface area contributed by atoms with Crippen molar-refractivity contribution in [2.24, 2.45) is 0 Å². The Morgan fingerprint density at radius 2 is 1.76 bits per heavy atom. The predicted molar refractivity (Wildman–Crippen MR) is 139 cm³/mol. The third kappa shape index (κ3) is 4.65. The average molecular weight is 462 g/mol. The van der Waals surface area contributed by atoms with Crippen LogP contribution in [0.5, 0.6) is 0 Å². The van der Waals surface area contributed by atoms with Crippen molar-refractivity contribution in [1.82, 2.24) is 29.8 Å². The standard InChI is InChI=1S/C25H35N9/c1-19(31(2)3)22-16-20-17-28-25(30-24(20)34(22)33-12-6-4-5-7-13-33)29-23-9-8-21(18-27-23)32-14-10-26-11-15-32/h8-9,16-18,26H,1,4-7,10-15H2,2-3H3,(H,27,28,29,30). The molecule has 2 aliphatic rings. The molecular formula is C25H35N9. The van der Waals surface area contributed by atoms with Gasteiger partial charge < -0.3 is 25.4 Å². The molecule has 5 heterocycles. The fourth-order valence-corrected chi connectivity index (χ4v) is 4.70. The van der Waals surface area contributed by atoms with Crippen LogP contribution in [-0.2, 0) is 0 Å². The summed E-state index contributed by atoms with van der Waals surface area (Å²) in [7, 11) is 4.06. The minimum Gasteiger partial charge on any atom is -0.376 e. The van der Waals surface area contributed by atoms with Gasteiger partial charge in [0.25, 0.3) is 0 Å². The molecule has 2 N–H and O–H groups in total. The van der Waals surface area contributed by atoms with Crippen molar-refractivity contribution in [3.8, 4) is 0 Å². The molecule has 9 nitrogen and oxygen atoms in total. The summed E-state index contributed by atoms with van der Waals surface area (Å²) in [5.74, 6) is 1.29. The van der Waals surface area contributed by atoms with Crippen LogP contribution in [0.4, 0.5) is 17.5 Å². The van der Waals surface area contributed by atoms with Gasteiger partial charge in [0.05, 0.1) is 23.3 Å². The number of aromatic nitrogens is 4. The lowest BCUT2D eigenvalue weighted by atomic mass is 10.2. The van der Waals surface area contributed by atoms with Gasteiger partial charge >= 0.3 is 0 Å². The van der Waals surface area contributed by atoms with Crippen molar-refractivity contribution in [1.29, 1.82) is 0 Å². The summed E-state index contributed by atoms with van der Waals surface area (Å²) in [4.78, 5) is 18.5. The molecule has 3 aromatic rings. The molecule has 3 aromatic heterocycles. The van der Waals surface area contributed by atoms with E-state index in [1.54, 1.807) is 0 Å². The maximum absolute atomic E-state index is 4.93. The number of pyridine rings is 1. The molecule has 0 atom stereocenters. The summed E-state index contributed by atoms with van der Waals surface area (Å²) in [5.41, 5.74) is 4.06. The van der Waals surface area contributed by atoms with Crippen LogP contribution in [0.3, 0.4) is 0 Å². The molecule has 0 aromatic carbocycles. The van der Waals surface area contributed by atoms with Gasteiger partial charge in [0, 0.05) is 64.9 Å². The van der Waals surface area contributed by atoms with Gasteiger partial charge in [-0.25, -0.2) is 14.6 Å². The number of piperazine rings is 1. The molecule has 0 spiro atoms. The summed E-state index contributed by atoms with van der Waals surface area (Å²) in [6, 6.07) is 6.25. The van der Waals surface area contributed by atoms with Crippen molar-refractivity contribution >= 4 is 34.2 Å².